The zero-order valence-electron chi connectivity index (χ0n) is 20.6. The van der Waals surface area contributed by atoms with Gasteiger partial charge < -0.3 is 14.2 Å². The number of methoxy groups -OCH3 is 2. The van der Waals surface area contributed by atoms with E-state index in [-0.39, 0.29) is 0 Å². The third-order valence-electron chi connectivity index (χ3n) is 4.35. The Balaban J connectivity index is 0.000000379. The molecule has 3 aromatic carbocycles. The van der Waals surface area contributed by atoms with Gasteiger partial charge in [0.1, 0.15) is 0 Å². The zero-order valence-corrected chi connectivity index (χ0v) is 20.6. The molecule has 0 saturated carbocycles. The van der Waals surface area contributed by atoms with E-state index in [1.807, 2.05) is 54.6 Å². The van der Waals surface area contributed by atoms with Gasteiger partial charge in [-0.1, -0.05) is 96.6 Å². The second kappa shape index (κ2) is 23.2. The smallest absolute Gasteiger partial charge is 0.0696 e. The first-order valence-electron chi connectivity index (χ1n) is 11.2. The van der Waals surface area contributed by atoms with E-state index in [1.54, 1.807) is 14.2 Å². The van der Waals surface area contributed by atoms with Gasteiger partial charge in [0, 0.05) is 27.4 Å². The number of benzene rings is 3. The lowest BCUT2D eigenvalue weighted by Crippen LogP contribution is -1.96. The predicted molar refractivity (Wildman–Crippen MR) is 137 cm³/mol. The Kier molecular flexibility index (Phi) is 21.4. The number of rotatable bonds is 3. The van der Waals surface area contributed by atoms with E-state index in [0.29, 0.717) is 13.2 Å². The quantitative estimate of drug-likeness (QED) is 0.410. The van der Waals surface area contributed by atoms with Crippen LogP contribution >= 0.6 is 0 Å². The first-order valence-corrected chi connectivity index (χ1v) is 11.2. The van der Waals surface area contributed by atoms with E-state index in [9.17, 15) is 0 Å². The maximum Gasteiger partial charge on any atom is 0.0696 e. The van der Waals surface area contributed by atoms with Crippen LogP contribution in [0.2, 0.25) is 0 Å². The van der Waals surface area contributed by atoms with Crippen LogP contribution in [-0.2, 0) is 14.2 Å². The molecule has 0 amide bonds. The average molecular weight is 439 g/mol. The van der Waals surface area contributed by atoms with Crippen LogP contribution in [0.5, 0.6) is 0 Å². The SMILES string of the molecule is C1CCOC1.COCCOC.Cc1ccccc1.Cc1ccccc1C.c1ccccc1. The summed E-state index contributed by atoms with van der Waals surface area (Å²) in [5, 5.41) is 0. The minimum absolute atomic E-state index is 0.691. The van der Waals surface area contributed by atoms with Crippen molar-refractivity contribution in [3.63, 3.8) is 0 Å². The molecular formula is C29H42O3. The Morgan fingerprint density at radius 2 is 0.906 bits per heavy atom. The van der Waals surface area contributed by atoms with Crippen LogP contribution in [0.4, 0.5) is 0 Å². The lowest BCUT2D eigenvalue weighted by molar-refractivity contribution is 0.103. The molecule has 1 aliphatic heterocycles. The third kappa shape index (κ3) is 20.8. The molecule has 0 N–H and O–H groups in total. The molecule has 4 rings (SSSR count). The van der Waals surface area contributed by atoms with E-state index in [1.165, 1.54) is 29.5 Å². The van der Waals surface area contributed by atoms with Gasteiger partial charge in [0.25, 0.3) is 0 Å². The van der Waals surface area contributed by atoms with Crippen LogP contribution in [0.15, 0.2) is 91.0 Å². The van der Waals surface area contributed by atoms with Crippen molar-refractivity contribution in [1.82, 2.24) is 0 Å². The summed E-state index contributed by atoms with van der Waals surface area (Å²) < 4.78 is 14.3. The van der Waals surface area contributed by atoms with Gasteiger partial charge in [-0.05, 0) is 44.7 Å². The molecule has 0 atom stereocenters. The molecule has 3 aromatic rings. The molecule has 0 unspecified atom stereocenters. The molecule has 1 saturated heterocycles. The summed E-state index contributed by atoms with van der Waals surface area (Å²) >= 11 is 0. The van der Waals surface area contributed by atoms with Crippen LogP contribution in [0.1, 0.15) is 29.5 Å². The highest BCUT2D eigenvalue weighted by Crippen LogP contribution is 2.02. The van der Waals surface area contributed by atoms with E-state index >= 15 is 0 Å². The number of ether oxygens (including phenoxy) is 3. The molecule has 0 aromatic heterocycles. The lowest BCUT2D eigenvalue weighted by atomic mass is 10.1. The molecule has 1 heterocycles. The summed E-state index contributed by atoms with van der Waals surface area (Å²) in [6.07, 6.45) is 2.56. The topological polar surface area (TPSA) is 27.7 Å². The number of hydrogen-bond donors (Lipinski definition) is 0. The van der Waals surface area contributed by atoms with Crippen molar-refractivity contribution in [1.29, 1.82) is 0 Å². The minimum atomic E-state index is 0.691. The molecule has 1 fully saturated rings. The Hall–Kier alpha value is -2.46. The van der Waals surface area contributed by atoms with Crippen molar-refractivity contribution in [2.45, 2.75) is 33.6 Å². The maximum absolute atomic E-state index is 4.94. The fourth-order valence-electron chi connectivity index (χ4n) is 2.26. The maximum atomic E-state index is 4.94. The zero-order chi connectivity index (χ0) is 23.7. The molecule has 3 heteroatoms. The fraction of sp³-hybridized carbons (Fsp3) is 0.379. The lowest BCUT2D eigenvalue weighted by Gasteiger charge is -1.93. The van der Waals surface area contributed by atoms with E-state index in [0.717, 1.165) is 13.2 Å². The summed E-state index contributed by atoms with van der Waals surface area (Å²) in [4.78, 5) is 0. The monoisotopic (exact) mass is 438 g/mol. The normalized spacial score (nSPS) is 11.2. The molecular weight excluding hydrogens is 396 g/mol. The summed E-state index contributed by atoms with van der Waals surface area (Å²) in [5.41, 5.74) is 4.06. The van der Waals surface area contributed by atoms with Gasteiger partial charge >= 0.3 is 0 Å². The van der Waals surface area contributed by atoms with E-state index in [2.05, 4.69) is 66.6 Å². The Morgan fingerprint density at radius 1 is 0.562 bits per heavy atom. The second-order valence-corrected chi connectivity index (χ2v) is 7.20. The van der Waals surface area contributed by atoms with Crippen LogP contribution < -0.4 is 0 Å². The fourth-order valence-corrected chi connectivity index (χ4v) is 2.26. The van der Waals surface area contributed by atoms with Gasteiger partial charge in [-0.15, -0.1) is 0 Å². The summed E-state index contributed by atoms with van der Waals surface area (Å²) in [6, 6.07) is 30.6. The molecule has 3 nitrogen and oxygen atoms in total. The standard InChI is InChI=1S/C8H10.C7H8.C6H6.C4H10O2.C4H8O/c1-7-5-3-4-6-8(7)2;1-7-5-3-2-4-6-7;1-2-4-6-5-3-1;1-5-3-4-6-2;1-2-4-5-3-1/h3-6H,1-2H3;2-6H,1H3;1-6H;3-4H2,1-2H3;1-4H2. The molecule has 0 spiro atoms. The van der Waals surface area contributed by atoms with E-state index in [4.69, 9.17) is 4.74 Å². The van der Waals surface area contributed by atoms with Crippen molar-refractivity contribution in [3.05, 3.63) is 108 Å². The number of aryl methyl sites for hydroxylation is 3. The molecule has 1 aliphatic rings. The second-order valence-electron chi connectivity index (χ2n) is 7.20. The predicted octanol–water partition coefficient (Wildman–Crippen LogP) is 7.06. The van der Waals surface area contributed by atoms with Gasteiger partial charge in [0.15, 0.2) is 0 Å². The highest BCUT2D eigenvalue weighted by Gasteiger charge is 1.94. The Labute approximate surface area is 196 Å². The first kappa shape index (κ1) is 29.5. The van der Waals surface area contributed by atoms with Crippen LogP contribution in [0.25, 0.3) is 0 Å². The molecule has 0 radical (unpaired) electrons. The first-order chi connectivity index (χ1) is 15.6. The van der Waals surface area contributed by atoms with Crippen molar-refractivity contribution >= 4 is 0 Å². The number of hydrogen-bond acceptors (Lipinski definition) is 3. The summed E-state index contributed by atoms with van der Waals surface area (Å²) in [5.74, 6) is 0. The highest BCUT2D eigenvalue weighted by atomic mass is 16.5. The molecule has 0 aliphatic carbocycles. The van der Waals surface area contributed by atoms with Gasteiger partial charge in [0.05, 0.1) is 13.2 Å². The highest BCUT2D eigenvalue weighted by molar-refractivity contribution is 5.23. The molecule has 32 heavy (non-hydrogen) atoms. The summed E-state index contributed by atoms with van der Waals surface area (Å²) in [6.45, 7) is 9.71. The van der Waals surface area contributed by atoms with Crippen LogP contribution in [0.3, 0.4) is 0 Å². The van der Waals surface area contributed by atoms with Gasteiger partial charge in [-0.25, -0.2) is 0 Å². The summed E-state index contributed by atoms with van der Waals surface area (Å²) in [7, 11) is 3.30. The molecule has 176 valence electrons. The van der Waals surface area contributed by atoms with Crippen molar-refractivity contribution in [2.24, 2.45) is 0 Å². The van der Waals surface area contributed by atoms with Crippen molar-refractivity contribution in [2.75, 3.05) is 40.6 Å². The van der Waals surface area contributed by atoms with Crippen LogP contribution in [0, 0.1) is 20.8 Å². The van der Waals surface area contributed by atoms with Crippen molar-refractivity contribution in [3.8, 4) is 0 Å². The van der Waals surface area contributed by atoms with Gasteiger partial charge in [-0.2, -0.15) is 0 Å². The Morgan fingerprint density at radius 3 is 1.12 bits per heavy atom. The van der Waals surface area contributed by atoms with E-state index < -0.39 is 0 Å². The Bertz CT molecular complexity index is 666. The van der Waals surface area contributed by atoms with Crippen molar-refractivity contribution < 1.29 is 14.2 Å². The third-order valence-corrected chi connectivity index (χ3v) is 4.35. The minimum Gasteiger partial charge on any atom is -0.382 e. The van der Waals surface area contributed by atoms with Gasteiger partial charge in [-0.3, -0.25) is 0 Å². The largest absolute Gasteiger partial charge is 0.382 e. The van der Waals surface area contributed by atoms with Crippen LogP contribution in [-0.4, -0.2) is 40.6 Å². The van der Waals surface area contributed by atoms with Gasteiger partial charge in [0.2, 0.25) is 0 Å². The molecule has 0 bridgehead atoms. The average Bonchev–Trinajstić information content (AvgIpc) is 3.43.